The van der Waals surface area contributed by atoms with Crippen LogP contribution in [-0.2, 0) is 24.1 Å². The van der Waals surface area contributed by atoms with Crippen LogP contribution in [-0.4, -0.2) is 20.7 Å². The highest BCUT2D eigenvalue weighted by Gasteiger charge is 2.17. The second-order valence-electron chi connectivity index (χ2n) is 8.74. The van der Waals surface area contributed by atoms with Gasteiger partial charge in [-0.05, 0) is 72.2 Å². The minimum atomic E-state index is -0.0657. The molecule has 2 aromatic heterocycles. The zero-order valence-corrected chi connectivity index (χ0v) is 19.3. The fourth-order valence-electron chi connectivity index (χ4n) is 4.78. The predicted octanol–water partition coefficient (Wildman–Crippen LogP) is 6.00. The summed E-state index contributed by atoms with van der Waals surface area (Å²) in [5, 5.41) is 10.7. The van der Waals surface area contributed by atoms with Gasteiger partial charge in [-0.25, -0.2) is 4.98 Å². The Morgan fingerprint density at radius 3 is 2.70 bits per heavy atom. The number of aryl methyl sites for hydroxylation is 3. The van der Waals surface area contributed by atoms with Crippen LogP contribution in [0.25, 0.3) is 26.1 Å². The summed E-state index contributed by atoms with van der Waals surface area (Å²) < 4.78 is 2.94. The smallest absolute Gasteiger partial charge is 0.229 e. The molecule has 6 heteroatoms. The summed E-state index contributed by atoms with van der Waals surface area (Å²) in [5.41, 5.74) is 5.74. The van der Waals surface area contributed by atoms with Crippen LogP contribution in [0.4, 0.5) is 5.82 Å². The average molecular weight is 453 g/mol. The van der Waals surface area contributed by atoms with Crippen LogP contribution in [0.2, 0.25) is 0 Å². The summed E-state index contributed by atoms with van der Waals surface area (Å²) in [6.45, 7) is 1.93. The standard InChI is InChI=1S/C27H24N4OS/c1-17-13-25(29-26(32)16-21-11-6-10-18-7-4-5-12-22(18)21)31(30-17)27-28-23-14-19-8-2-3-9-20(19)15-24(23)33-27/h4-7,10-15H,2-3,8-9,16H2,1H3,(H,29,32). The molecule has 0 radical (unpaired) electrons. The van der Waals surface area contributed by atoms with Crippen LogP contribution in [0.5, 0.6) is 0 Å². The number of amides is 1. The molecule has 0 spiro atoms. The number of carbonyl (C=O) groups is 1. The fraction of sp³-hybridized carbons (Fsp3) is 0.222. The highest BCUT2D eigenvalue weighted by Crippen LogP contribution is 2.32. The first kappa shape index (κ1) is 20.1. The first-order valence-electron chi connectivity index (χ1n) is 11.4. The second-order valence-corrected chi connectivity index (χ2v) is 9.75. The first-order chi connectivity index (χ1) is 16.1. The van der Waals surface area contributed by atoms with Crippen molar-refractivity contribution in [3.05, 3.63) is 83.0 Å². The number of benzene rings is 3. The Morgan fingerprint density at radius 1 is 1.03 bits per heavy atom. The van der Waals surface area contributed by atoms with E-state index in [2.05, 4.69) is 40.7 Å². The molecule has 0 saturated carbocycles. The largest absolute Gasteiger partial charge is 0.310 e. The van der Waals surface area contributed by atoms with Crippen molar-refractivity contribution >= 4 is 44.1 Å². The number of nitrogens with zero attached hydrogens (tertiary/aromatic N) is 3. The van der Waals surface area contributed by atoms with Crippen LogP contribution in [0.3, 0.4) is 0 Å². The van der Waals surface area contributed by atoms with E-state index >= 15 is 0 Å². The van der Waals surface area contributed by atoms with Gasteiger partial charge in [0.25, 0.3) is 0 Å². The quantitative estimate of drug-likeness (QED) is 0.364. The van der Waals surface area contributed by atoms with Gasteiger partial charge in [-0.1, -0.05) is 53.8 Å². The highest BCUT2D eigenvalue weighted by atomic mass is 32.1. The fourth-order valence-corrected chi connectivity index (χ4v) is 5.75. The normalized spacial score (nSPS) is 13.4. The Bertz CT molecular complexity index is 1470. The lowest BCUT2D eigenvalue weighted by Gasteiger charge is -2.14. The third kappa shape index (κ3) is 3.80. The zero-order chi connectivity index (χ0) is 22.4. The molecule has 164 valence electrons. The number of hydrogen-bond donors (Lipinski definition) is 1. The summed E-state index contributed by atoms with van der Waals surface area (Å²) in [6, 6.07) is 20.7. The second kappa shape index (κ2) is 8.12. The molecule has 1 aliphatic rings. The summed E-state index contributed by atoms with van der Waals surface area (Å²) in [6.07, 6.45) is 5.09. The average Bonchev–Trinajstić information content (AvgIpc) is 3.39. The maximum absolute atomic E-state index is 13.0. The maximum Gasteiger partial charge on any atom is 0.229 e. The van der Waals surface area contributed by atoms with Crippen molar-refractivity contribution in [3.8, 4) is 5.13 Å². The molecular formula is C27H24N4OS. The predicted molar refractivity (Wildman–Crippen MR) is 134 cm³/mol. The third-order valence-electron chi connectivity index (χ3n) is 6.35. The van der Waals surface area contributed by atoms with E-state index in [1.54, 1.807) is 16.0 Å². The minimum Gasteiger partial charge on any atom is -0.310 e. The first-order valence-corrected chi connectivity index (χ1v) is 12.2. The van der Waals surface area contributed by atoms with Gasteiger partial charge >= 0.3 is 0 Å². The Labute approximate surface area is 196 Å². The lowest BCUT2D eigenvalue weighted by molar-refractivity contribution is -0.115. The molecule has 3 aromatic carbocycles. The Hall–Kier alpha value is -3.51. The van der Waals surface area contributed by atoms with Crippen molar-refractivity contribution in [1.82, 2.24) is 14.8 Å². The molecule has 5 aromatic rings. The van der Waals surface area contributed by atoms with E-state index in [-0.39, 0.29) is 5.91 Å². The van der Waals surface area contributed by atoms with Crippen molar-refractivity contribution in [2.45, 2.75) is 39.0 Å². The topological polar surface area (TPSA) is 59.8 Å². The van der Waals surface area contributed by atoms with Crippen LogP contribution >= 0.6 is 11.3 Å². The number of rotatable bonds is 4. The Kier molecular flexibility index (Phi) is 4.95. The monoisotopic (exact) mass is 452 g/mol. The lowest BCUT2D eigenvalue weighted by atomic mass is 9.92. The number of anilines is 1. The van der Waals surface area contributed by atoms with Gasteiger partial charge in [-0.2, -0.15) is 9.78 Å². The Morgan fingerprint density at radius 2 is 1.82 bits per heavy atom. The molecule has 1 amide bonds. The van der Waals surface area contributed by atoms with Crippen molar-refractivity contribution in [2.24, 2.45) is 0 Å². The number of nitrogens with one attached hydrogen (secondary N) is 1. The van der Waals surface area contributed by atoms with E-state index in [0.29, 0.717) is 12.2 Å². The minimum absolute atomic E-state index is 0.0657. The number of aromatic nitrogens is 3. The molecule has 1 aliphatic carbocycles. The number of hydrogen-bond acceptors (Lipinski definition) is 4. The highest BCUT2D eigenvalue weighted by molar-refractivity contribution is 7.20. The third-order valence-corrected chi connectivity index (χ3v) is 7.35. The van der Waals surface area contributed by atoms with Crippen molar-refractivity contribution < 1.29 is 4.79 Å². The summed E-state index contributed by atoms with van der Waals surface area (Å²) in [5.74, 6) is 0.589. The molecular weight excluding hydrogens is 428 g/mol. The molecule has 1 N–H and O–H groups in total. The molecule has 5 nitrogen and oxygen atoms in total. The number of carbonyl (C=O) groups excluding carboxylic acids is 1. The van der Waals surface area contributed by atoms with E-state index in [1.165, 1.54) is 28.7 Å². The maximum atomic E-state index is 13.0. The Balaban J connectivity index is 1.30. The molecule has 0 aliphatic heterocycles. The van der Waals surface area contributed by atoms with Gasteiger partial charge < -0.3 is 5.32 Å². The lowest BCUT2D eigenvalue weighted by Crippen LogP contribution is -2.17. The van der Waals surface area contributed by atoms with E-state index < -0.39 is 0 Å². The molecule has 0 fully saturated rings. The SMILES string of the molecule is Cc1cc(NC(=O)Cc2cccc3ccccc23)n(-c2nc3cc4c(cc3s2)CCCC4)n1. The molecule has 2 heterocycles. The molecule has 33 heavy (non-hydrogen) atoms. The zero-order valence-electron chi connectivity index (χ0n) is 18.5. The van der Waals surface area contributed by atoms with Crippen molar-refractivity contribution in [1.29, 1.82) is 0 Å². The summed E-state index contributed by atoms with van der Waals surface area (Å²) in [7, 11) is 0. The molecule has 0 bridgehead atoms. The number of fused-ring (bicyclic) bond motifs is 3. The summed E-state index contributed by atoms with van der Waals surface area (Å²) >= 11 is 1.62. The van der Waals surface area contributed by atoms with E-state index in [4.69, 9.17) is 4.98 Å². The number of thiazole rings is 1. The van der Waals surface area contributed by atoms with Crippen molar-refractivity contribution in [3.63, 3.8) is 0 Å². The van der Waals surface area contributed by atoms with Crippen LogP contribution in [0.15, 0.2) is 60.7 Å². The van der Waals surface area contributed by atoms with Gasteiger partial charge in [0, 0.05) is 6.07 Å². The van der Waals surface area contributed by atoms with Gasteiger partial charge in [0.2, 0.25) is 11.0 Å². The van der Waals surface area contributed by atoms with Gasteiger partial charge in [0.15, 0.2) is 0 Å². The molecule has 0 saturated heterocycles. The van der Waals surface area contributed by atoms with Crippen LogP contribution < -0.4 is 5.32 Å². The van der Waals surface area contributed by atoms with Gasteiger partial charge in [-0.15, -0.1) is 0 Å². The van der Waals surface area contributed by atoms with E-state index in [1.807, 2.05) is 37.3 Å². The van der Waals surface area contributed by atoms with E-state index in [0.717, 1.165) is 45.5 Å². The van der Waals surface area contributed by atoms with E-state index in [9.17, 15) is 4.79 Å². The summed E-state index contributed by atoms with van der Waals surface area (Å²) in [4.78, 5) is 17.9. The molecule has 0 atom stereocenters. The van der Waals surface area contributed by atoms with Gasteiger partial charge in [0.1, 0.15) is 5.82 Å². The van der Waals surface area contributed by atoms with Gasteiger partial charge in [0.05, 0.1) is 22.3 Å². The van der Waals surface area contributed by atoms with Crippen molar-refractivity contribution in [2.75, 3.05) is 5.32 Å². The molecule has 0 unspecified atom stereocenters. The van der Waals surface area contributed by atoms with Gasteiger partial charge in [-0.3, -0.25) is 4.79 Å². The van der Waals surface area contributed by atoms with Crippen LogP contribution in [0.1, 0.15) is 35.2 Å². The molecule has 6 rings (SSSR count). The van der Waals surface area contributed by atoms with Crippen LogP contribution in [0, 0.1) is 6.92 Å².